The van der Waals surface area contributed by atoms with E-state index in [4.69, 9.17) is 0 Å². The number of benzene rings is 3. The van der Waals surface area contributed by atoms with Crippen LogP contribution < -0.4 is 16.0 Å². The predicted molar refractivity (Wildman–Crippen MR) is 142 cm³/mol. The topological polar surface area (TPSA) is 111 Å². The second-order valence-electron chi connectivity index (χ2n) is 9.07. The normalized spacial score (nSPS) is 12.6. The van der Waals surface area contributed by atoms with Crippen molar-refractivity contribution in [1.29, 1.82) is 0 Å². The molecular formula is C29H33F2N3O4. The number of halogens is 2. The molecule has 0 saturated carbocycles. The molecule has 0 radical (unpaired) electrons. The Morgan fingerprint density at radius 3 is 2.32 bits per heavy atom. The van der Waals surface area contributed by atoms with E-state index in [1.54, 1.807) is 6.92 Å². The molecule has 3 aromatic carbocycles. The van der Waals surface area contributed by atoms with Gasteiger partial charge in [-0.25, -0.2) is 8.78 Å². The van der Waals surface area contributed by atoms with Gasteiger partial charge in [0.1, 0.15) is 17.4 Å². The second kappa shape index (κ2) is 13.6. The SMILES string of the molecule is CCC(=O)Nc1ccc(O)c(C(=O)N[C@@H](Cc2cc(F)cc(F)c2)[C@H](O)CNCc2cccc(CC)c2)c1. The van der Waals surface area contributed by atoms with E-state index in [0.29, 0.717) is 12.2 Å². The van der Waals surface area contributed by atoms with E-state index in [0.717, 1.165) is 30.2 Å². The molecule has 2 amide bonds. The first-order valence-electron chi connectivity index (χ1n) is 12.5. The standard InChI is InChI=1S/C29H33F2N3O4/c1-3-18-6-5-7-19(10-18)16-32-17-27(36)25(13-20-11-21(30)14-22(31)12-20)34-29(38)24-15-23(8-9-26(24)35)33-28(37)4-2/h5-12,14-15,25,27,32,35-36H,3-4,13,16-17H2,1-2H3,(H,33,37)(H,34,38)/t25-,27+/m0/s1. The number of rotatable bonds is 12. The lowest BCUT2D eigenvalue weighted by Crippen LogP contribution is -2.48. The average Bonchev–Trinajstić information content (AvgIpc) is 2.88. The maximum atomic E-state index is 13.8. The maximum absolute atomic E-state index is 13.8. The van der Waals surface area contributed by atoms with Crippen molar-refractivity contribution >= 4 is 17.5 Å². The molecule has 38 heavy (non-hydrogen) atoms. The molecule has 0 fully saturated rings. The van der Waals surface area contributed by atoms with Crippen LogP contribution in [0.15, 0.2) is 60.7 Å². The second-order valence-corrected chi connectivity index (χ2v) is 9.07. The highest BCUT2D eigenvalue weighted by atomic mass is 19.1. The summed E-state index contributed by atoms with van der Waals surface area (Å²) in [6.07, 6.45) is -0.0758. The van der Waals surface area contributed by atoms with Gasteiger partial charge in [0.15, 0.2) is 0 Å². The molecule has 3 aromatic rings. The third-order valence-corrected chi connectivity index (χ3v) is 6.09. The quantitative estimate of drug-likeness (QED) is 0.229. The van der Waals surface area contributed by atoms with Crippen molar-refractivity contribution in [2.45, 2.75) is 51.8 Å². The molecule has 5 N–H and O–H groups in total. The average molecular weight is 526 g/mol. The zero-order chi connectivity index (χ0) is 27.7. The summed E-state index contributed by atoms with van der Waals surface area (Å²) < 4.78 is 27.6. The van der Waals surface area contributed by atoms with Crippen LogP contribution in [-0.2, 0) is 24.2 Å². The van der Waals surface area contributed by atoms with Crippen LogP contribution in [0.25, 0.3) is 0 Å². The number of nitrogens with one attached hydrogen (secondary N) is 3. The van der Waals surface area contributed by atoms with E-state index in [-0.39, 0.29) is 42.2 Å². The Kier molecular flexibility index (Phi) is 10.3. The Balaban J connectivity index is 1.77. The molecule has 0 aliphatic heterocycles. The fourth-order valence-electron chi connectivity index (χ4n) is 4.02. The number of amides is 2. The molecule has 202 valence electrons. The third-order valence-electron chi connectivity index (χ3n) is 6.09. The number of hydrogen-bond acceptors (Lipinski definition) is 5. The lowest BCUT2D eigenvalue weighted by atomic mass is 9.99. The summed E-state index contributed by atoms with van der Waals surface area (Å²) in [7, 11) is 0. The summed E-state index contributed by atoms with van der Waals surface area (Å²) in [5.74, 6) is -2.85. The first-order chi connectivity index (χ1) is 18.2. The molecule has 0 aliphatic rings. The summed E-state index contributed by atoms with van der Waals surface area (Å²) in [4.78, 5) is 24.9. The van der Waals surface area contributed by atoms with Crippen molar-refractivity contribution < 1.29 is 28.6 Å². The van der Waals surface area contributed by atoms with Crippen molar-refractivity contribution in [3.63, 3.8) is 0 Å². The Bertz CT molecular complexity index is 1250. The van der Waals surface area contributed by atoms with E-state index in [2.05, 4.69) is 28.9 Å². The van der Waals surface area contributed by atoms with Crippen LogP contribution in [0.1, 0.15) is 47.3 Å². The smallest absolute Gasteiger partial charge is 0.255 e. The summed E-state index contributed by atoms with van der Waals surface area (Å²) in [6, 6.07) is 14.1. The van der Waals surface area contributed by atoms with E-state index >= 15 is 0 Å². The fraction of sp³-hybridized carbons (Fsp3) is 0.310. The van der Waals surface area contributed by atoms with Gasteiger partial charge >= 0.3 is 0 Å². The zero-order valence-corrected chi connectivity index (χ0v) is 21.4. The van der Waals surface area contributed by atoms with Crippen LogP contribution in [0.2, 0.25) is 0 Å². The minimum absolute atomic E-state index is 0.0678. The number of aliphatic hydroxyl groups excluding tert-OH is 1. The molecule has 0 aliphatic carbocycles. The molecule has 0 aromatic heterocycles. The monoisotopic (exact) mass is 525 g/mol. The minimum atomic E-state index is -1.13. The highest BCUT2D eigenvalue weighted by Gasteiger charge is 2.24. The number of aryl methyl sites for hydroxylation is 1. The maximum Gasteiger partial charge on any atom is 0.255 e. The number of hydrogen-bond donors (Lipinski definition) is 5. The number of phenolic OH excluding ortho intramolecular Hbond substituents is 1. The highest BCUT2D eigenvalue weighted by Crippen LogP contribution is 2.22. The largest absolute Gasteiger partial charge is 0.507 e. The van der Waals surface area contributed by atoms with Crippen LogP contribution in [0.4, 0.5) is 14.5 Å². The van der Waals surface area contributed by atoms with Crippen molar-refractivity contribution in [3.8, 4) is 5.75 Å². The zero-order valence-electron chi connectivity index (χ0n) is 21.4. The highest BCUT2D eigenvalue weighted by molar-refractivity contribution is 5.99. The third kappa shape index (κ3) is 8.36. The van der Waals surface area contributed by atoms with Gasteiger partial charge in [0.2, 0.25) is 5.91 Å². The van der Waals surface area contributed by atoms with Crippen LogP contribution in [0.3, 0.4) is 0 Å². The molecule has 0 spiro atoms. The number of carbonyl (C=O) groups is 2. The molecule has 0 unspecified atom stereocenters. The predicted octanol–water partition coefficient (Wildman–Crippen LogP) is 4.07. The van der Waals surface area contributed by atoms with Gasteiger partial charge in [-0.05, 0) is 59.9 Å². The van der Waals surface area contributed by atoms with Gasteiger partial charge < -0.3 is 26.2 Å². The number of anilines is 1. The summed E-state index contributed by atoms with van der Waals surface area (Å²) >= 11 is 0. The first kappa shape index (κ1) is 28.7. The fourth-order valence-corrected chi connectivity index (χ4v) is 4.02. The van der Waals surface area contributed by atoms with Gasteiger partial charge in [0.25, 0.3) is 5.91 Å². The lowest BCUT2D eigenvalue weighted by molar-refractivity contribution is -0.115. The number of aliphatic hydroxyl groups is 1. The van der Waals surface area contributed by atoms with Crippen LogP contribution >= 0.6 is 0 Å². The molecule has 2 atom stereocenters. The van der Waals surface area contributed by atoms with E-state index in [1.807, 2.05) is 18.2 Å². The van der Waals surface area contributed by atoms with Crippen molar-refractivity contribution in [1.82, 2.24) is 10.6 Å². The van der Waals surface area contributed by atoms with Gasteiger partial charge in [-0.2, -0.15) is 0 Å². The first-order valence-corrected chi connectivity index (χ1v) is 12.5. The molecule has 0 bridgehead atoms. The van der Waals surface area contributed by atoms with Crippen molar-refractivity contribution in [2.75, 3.05) is 11.9 Å². The Morgan fingerprint density at radius 2 is 1.63 bits per heavy atom. The van der Waals surface area contributed by atoms with E-state index < -0.39 is 29.7 Å². The van der Waals surface area contributed by atoms with E-state index in [9.17, 15) is 28.6 Å². The summed E-state index contributed by atoms with van der Waals surface area (Å²) in [6.45, 7) is 4.29. The van der Waals surface area contributed by atoms with Crippen LogP contribution in [0.5, 0.6) is 5.75 Å². The Morgan fingerprint density at radius 1 is 0.921 bits per heavy atom. The summed E-state index contributed by atoms with van der Waals surface area (Å²) in [5, 5.41) is 29.7. The Labute approximate surface area is 220 Å². The van der Waals surface area contributed by atoms with Gasteiger partial charge in [0, 0.05) is 31.3 Å². The molecule has 7 nitrogen and oxygen atoms in total. The van der Waals surface area contributed by atoms with Gasteiger partial charge in [-0.1, -0.05) is 38.1 Å². The molecular weight excluding hydrogens is 492 g/mol. The van der Waals surface area contributed by atoms with E-state index in [1.165, 1.54) is 23.8 Å². The van der Waals surface area contributed by atoms with Gasteiger partial charge in [-0.3, -0.25) is 9.59 Å². The van der Waals surface area contributed by atoms with Crippen molar-refractivity contribution in [3.05, 3.63) is 94.6 Å². The number of phenols is 1. The van der Waals surface area contributed by atoms with Crippen LogP contribution in [-0.4, -0.2) is 40.7 Å². The van der Waals surface area contributed by atoms with Crippen molar-refractivity contribution in [2.24, 2.45) is 0 Å². The summed E-state index contributed by atoms with van der Waals surface area (Å²) in [5.41, 5.74) is 2.65. The van der Waals surface area contributed by atoms with Gasteiger partial charge in [0.05, 0.1) is 17.7 Å². The lowest BCUT2D eigenvalue weighted by Gasteiger charge is -2.25. The molecule has 3 rings (SSSR count). The number of aromatic hydroxyl groups is 1. The van der Waals surface area contributed by atoms with Gasteiger partial charge in [-0.15, -0.1) is 0 Å². The molecule has 0 heterocycles. The number of carbonyl (C=O) groups excluding carboxylic acids is 2. The Hall–Kier alpha value is -3.82. The molecule has 0 saturated heterocycles. The minimum Gasteiger partial charge on any atom is -0.507 e. The molecule has 9 heteroatoms. The van der Waals surface area contributed by atoms with Crippen LogP contribution in [0, 0.1) is 11.6 Å².